The number of carbonyl (C=O) groups is 2. The quantitative estimate of drug-likeness (QED) is 0.528. The molecule has 0 fully saturated rings. The molecule has 1 aliphatic rings. The van der Waals surface area contributed by atoms with Crippen molar-refractivity contribution < 1.29 is 9.59 Å². The summed E-state index contributed by atoms with van der Waals surface area (Å²) in [5, 5.41) is 9.68. The topological polar surface area (TPSA) is 67.6 Å². The number of aryl methyl sites for hydroxylation is 1. The maximum Gasteiger partial charge on any atom is 0.282 e. The molecule has 4 rings (SSSR count). The largest absolute Gasteiger partial charge is 0.282 e. The Morgan fingerprint density at radius 3 is 2.15 bits per heavy atom. The van der Waals surface area contributed by atoms with Gasteiger partial charge in [0.2, 0.25) is 0 Å². The summed E-state index contributed by atoms with van der Waals surface area (Å²) in [6.07, 6.45) is 1.39. The average Bonchev–Trinajstić information content (AvgIpc) is 3.09. The number of hydrazone groups is 1. The van der Waals surface area contributed by atoms with Crippen molar-refractivity contribution in [3.63, 3.8) is 0 Å². The molecule has 0 aliphatic carbocycles. The fraction of sp³-hybridized carbons (Fsp3) is 0.0526. The van der Waals surface area contributed by atoms with Gasteiger partial charge >= 0.3 is 0 Å². The Morgan fingerprint density at radius 2 is 1.54 bits per heavy atom. The molecule has 0 N–H and O–H groups in total. The molecule has 0 atom stereocenters. The zero-order valence-corrected chi connectivity index (χ0v) is 14.5. The molecule has 128 valence electrons. The third kappa shape index (κ3) is 2.51. The van der Waals surface area contributed by atoms with Crippen LogP contribution in [0.15, 0.2) is 59.7 Å². The Bertz CT molecular complexity index is 1020. The van der Waals surface area contributed by atoms with E-state index in [1.807, 2.05) is 30.3 Å². The van der Waals surface area contributed by atoms with E-state index in [0.717, 1.165) is 10.7 Å². The average molecular weight is 365 g/mol. The van der Waals surface area contributed by atoms with Gasteiger partial charge in [0.15, 0.2) is 0 Å². The molecule has 2 amide bonds. The van der Waals surface area contributed by atoms with Crippen molar-refractivity contribution in [2.24, 2.45) is 5.10 Å². The normalized spacial score (nSPS) is 13.7. The van der Waals surface area contributed by atoms with Gasteiger partial charge in [0, 0.05) is 0 Å². The highest BCUT2D eigenvalue weighted by Gasteiger charge is 2.35. The van der Waals surface area contributed by atoms with E-state index in [1.54, 1.807) is 35.9 Å². The van der Waals surface area contributed by atoms with Crippen molar-refractivity contribution in [1.82, 2.24) is 14.8 Å². The first-order chi connectivity index (χ1) is 12.6. The SMILES string of the molecule is Cc1nn(-c2ccccc2)c(Cl)c1/C=N/N1C(=O)c2ccccc2C1=O. The summed E-state index contributed by atoms with van der Waals surface area (Å²) in [6.45, 7) is 1.79. The lowest BCUT2D eigenvalue weighted by Crippen LogP contribution is -2.24. The molecule has 0 radical (unpaired) electrons. The standard InChI is InChI=1S/C19H13ClN4O2/c1-12-16(17(20)23(22-12)13-7-3-2-4-8-13)11-21-24-18(25)14-9-5-6-10-15(14)19(24)26/h2-11H,1H3/b21-11+. The van der Waals surface area contributed by atoms with Crippen LogP contribution < -0.4 is 0 Å². The van der Waals surface area contributed by atoms with Gasteiger partial charge in [0.25, 0.3) is 11.8 Å². The van der Waals surface area contributed by atoms with Gasteiger partial charge in [-0.2, -0.15) is 15.2 Å². The number of para-hydroxylation sites is 1. The second kappa shape index (κ2) is 6.24. The Labute approximate surface area is 154 Å². The van der Waals surface area contributed by atoms with E-state index < -0.39 is 11.8 Å². The molecule has 0 unspecified atom stereocenters. The zero-order valence-electron chi connectivity index (χ0n) is 13.8. The molecule has 1 aliphatic heterocycles. The Kier molecular flexibility index (Phi) is 3.89. The molecule has 0 saturated heterocycles. The van der Waals surface area contributed by atoms with E-state index in [2.05, 4.69) is 10.2 Å². The highest BCUT2D eigenvalue weighted by Crippen LogP contribution is 2.25. The fourth-order valence-electron chi connectivity index (χ4n) is 2.79. The monoisotopic (exact) mass is 364 g/mol. The van der Waals surface area contributed by atoms with Crippen molar-refractivity contribution >= 4 is 29.6 Å². The lowest BCUT2D eigenvalue weighted by molar-refractivity contribution is 0.0660. The summed E-state index contributed by atoms with van der Waals surface area (Å²) < 4.78 is 1.58. The first-order valence-electron chi connectivity index (χ1n) is 7.90. The van der Waals surface area contributed by atoms with Crippen LogP contribution in [0.1, 0.15) is 32.0 Å². The van der Waals surface area contributed by atoms with E-state index in [-0.39, 0.29) is 0 Å². The number of aromatic nitrogens is 2. The first-order valence-corrected chi connectivity index (χ1v) is 8.28. The number of nitrogens with zero attached hydrogens (tertiary/aromatic N) is 4. The van der Waals surface area contributed by atoms with Crippen LogP contribution in [0.2, 0.25) is 5.15 Å². The molecule has 0 saturated carbocycles. The highest BCUT2D eigenvalue weighted by molar-refractivity contribution is 6.32. The molecule has 2 heterocycles. The van der Waals surface area contributed by atoms with E-state index >= 15 is 0 Å². The summed E-state index contributed by atoms with van der Waals surface area (Å²) in [6, 6.07) is 16.1. The Balaban J connectivity index is 1.68. The molecule has 0 bridgehead atoms. The van der Waals surface area contributed by atoms with Crippen molar-refractivity contribution in [2.75, 3.05) is 0 Å². The molecular formula is C19H13ClN4O2. The molecule has 0 spiro atoms. The summed E-state index contributed by atoms with van der Waals surface area (Å²) in [4.78, 5) is 24.7. The predicted octanol–water partition coefficient (Wildman–Crippen LogP) is 3.46. The fourth-order valence-corrected chi connectivity index (χ4v) is 3.12. The third-order valence-corrected chi connectivity index (χ3v) is 4.49. The van der Waals surface area contributed by atoms with Gasteiger partial charge in [-0.3, -0.25) is 9.59 Å². The van der Waals surface area contributed by atoms with Crippen molar-refractivity contribution in [3.8, 4) is 5.69 Å². The molecule has 6 nitrogen and oxygen atoms in total. The minimum Gasteiger partial charge on any atom is -0.267 e. The lowest BCUT2D eigenvalue weighted by atomic mass is 10.1. The van der Waals surface area contributed by atoms with Gasteiger partial charge in [0.1, 0.15) is 5.15 Å². The number of fused-ring (bicyclic) bond motifs is 1. The van der Waals surface area contributed by atoms with E-state index in [1.165, 1.54) is 6.21 Å². The van der Waals surface area contributed by atoms with Crippen molar-refractivity contribution in [2.45, 2.75) is 6.92 Å². The Morgan fingerprint density at radius 1 is 0.962 bits per heavy atom. The van der Waals surface area contributed by atoms with E-state index in [4.69, 9.17) is 11.6 Å². The zero-order chi connectivity index (χ0) is 18.3. The Hall–Kier alpha value is -3.25. The molecular weight excluding hydrogens is 352 g/mol. The van der Waals surface area contributed by atoms with Gasteiger partial charge in [-0.1, -0.05) is 41.9 Å². The van der Waals surface area contributed by atoms with Crippen LogP contribution in [-0.4, -0.2) is 32.8 Å². The summed E-state index contributed by atoms with van der Waals surface area (Å²) in [7, 11) is 0. The van der Waals surface area contributed by atoms with Gasteiger partial charge in [-0.15, -0.1) is 0 Å². The number of amides is 2. The third-order valence-electron chi connectivity index (χ3n) is 4.12. The summed E-state index contributed by atoms with van der Waals surface area (Å²) in [5.74, 6) is -0.905. The van der Waals surface area contributed by atoms with E-state index in [0.29, 0.717) is 27.5 Å². The molecule has 7 heteroatoms. The van der Waals surface area contributed by atoms with Crippen LogP contribution in [0.25, 0.3) is 5.69 Å². The van der Waals surface area contributed by atoms with Crippen LogP contribution in [0.3, 0.4) is 0 Å². The number of rotatable bonds is 3. The number of hydrogen-bond acceptors (Lipinski definition) is 4. The highest BCUT2D eigenvalue weighted by atomic mass is 35.5. The molecule has 2 aromatic carbocycles. The smallest absolute Gasteiger partial charge is 0.267 e. The number of halogens is 1. The van der Waals surface area contributed by atoms with Gasteiger partial charge in [0.05, 0.1) is 34.3 Å². The second-order valence-corrected chi connectivity index (χ2v) is 6.11. The molecule has 3 aromatic rings. The van der Waals surface area contributed by atoms with E-state index in [9.17, 15) is 9.59 Å². The number of hydrogen-bond donors (Lipinski definition) is 0. The van der Waals surface area contributed by atoms with Gasteiger partial charge in [-0.25, -0.2) is 4.68 Å². The minimum atomic E-state index is -0.453. The maximum absolute atomic E-state index is 12.4. The van der Waals surface area contributed by atoms with Crippen LogP contribution in [0, 0.1) is 6.92 Å². The lowest BCUT2D eigenvalue weighted by Gasteiger charge is -2.05. The van der Waals surface area contributed by atoms with Gasteiger partial charge < -0.3 is 0 Å². The molecule has 1 aromatic heterocycles. The summed E-state index contributed by atoms with van der Waals surface area (Å²) in [5.41, 5.74) is 2.68. The van der Waals surface area contributed by atoms with Crippen LogP contribution in [0.5, 0.6) is 0 Å². The van der Waals surface area contributed by atoms with Crippen molar-refractivity contribution in [3.05, 3.63) is 82.1 Å². The van der Waals surface area contributed by atoms with Crippen LogP contribution in [0.4, 0.5) is 0 Å². The van der Waals surface area contributed by atoms with Gasteiger partial charge in [-0.05, 0) is 31.2 Å². The van der Waals surface area contributed by atoms with Crippen LogP contribution in [-0.2, 0) is 0 Å². The summed E-state index contributed by atoms with van der Waals surface area (Å²) >= 11 is 6.43. The molecule has 26 heavy (non-hydrogen) atoms. The number of benzene rings is 2. The van der Waals surface area contributed by atoms with Crippen LogP contribution >= 0.6 is 11.6 Å². The van der Waals surface area contributed by atoms with Crippen molar-refractivity contribution in [1.29, 1.82) is 0 Å². The second-order valence-electron chi connectivity index (χ2n) is 5.75. The first kappa shape index (κ1) is 16.2. The number of carbonyl (C=O) groups excluding carboxylic acids is 2. The minimum absolute atomic E-state index is 0.345. The predicted molar refractivity (Wildman–Crippen MR) is 97.8 cm³/mol. The number of imide groups is 1. The maximum atomic E-state index is 12.4.